The summed E-state index contributed by atoms with van der Waals surface area (Å²) in [6.07, 6.45) is -1.60. The number of aryl methyl sites for hydroxylation is 1. The van der Waals surface area contributed by atoms with Crippen molar-refractivity contribution in [1.82, 2.24) is 9.38 Å². The fourth-order valence-electron chi connectivity index (χ4n) is 2.68. The third-order valence-corrected chi connectivity index (χ3v) is 4.03. The maximum atomic E-state index is 12.9. The number of nitrogens with zero attached hydrogens (tertiary/aromatic N) is 2. The molecule has 8 heteroatoms. The number of hydrogen-bond acceptors (Lipinski definition) is 2. The standard InChI is InChI=1S/C18H15ClF3N3O/c1-2-4-14-16(25-10-12(19)7-8-15(25)24-14)17(26)23-13-6-3-5-11(9-13)18(20,21)22/h3,5-10H,2,4H2,1H3,(H,23,26). The van der Waals surface area contributed by atoms with E-state index in [4.69, 9.17) is 11.6 Å². The second-order valence-corrected chi connectivity index (χ2v) is 6.20. The lowest BCUT2D eigenvalue weighted by molar-refractivity contribution is -0.137. The van der Waals surface area contributed by atoms with Gasteiger partial charge in [-0.1, -0.05) is 31.0 Å². The van der Waals surface area contributed by atoms with Crippen molar-refractivity contribution in [3.8, 4) is 0 Å². The summed E-state index contributed by atoms with van der Waals surface area (Å²) in [4.78, 5) is 17.2. The van der Waals surface area contributed by atoms with Gasteiger partial charge in [0.25, 0.3) is 5.91 Å². The number of imidazole rings is 1. The smallest absolute Gasteiger partial charge is 0.321 e. The molecule has 0 bridgehead atoms. The van der Waals surface area contributed by atoms with E-state index in [1.54, 1.807) is 22.7 Å². The van der Waals surface area contributed by atoms with Gasteiger partial charge in [-0.05, 0) is 36.8 Å². The van der Waals surface area contributed by atoms with Gasteiger partial charge in [0.1, 0.15) is 11.3 Å². The van der Waals surface area contributed by atoms with Crippen molar-refractivity contribution in [2.75, 3.05) is 5.32 Å². The highest BCUT2D eigenvalue weighted by molar-refractivity contribution is 6.30. The maximum absolute atomic E-state index is 12.9. The zero-order valence-electron chi connectivity index (χ0n) is 13.8. The molecule has 1 N–H and O–H groups in total. The van der Waals surface area contributed by atoms with Gasteiger partial charge >= 0.3 is 6.18 Å². The highest BCUT2D eigenvalue weighted by atomic mass is 35.5. The van der Waals surface area contributed by atoms with Crippen molar-refractivity contribution < 1.29 is 18.0 Å². The second-order valence-electron chi connectivity index (χ2n) is 5.77. The average molecular weight is 382 g/mol. The summed E-state index contributed by atoms with van der Waals surface area (Å²) in [5.74, 6) is -0.539. The molecule has 0 spiro atoms. The predicted octanol–water partition coefficient (Wildman–Crippen LogP) is 5.21. The van der Waals surface area contributed by atoms with Gasteiger partial charge in [-0.2, -0.15) is 13.2 Å². The van der Waals surface area contributed by atoms with Crippen LogP contribution < -0.4 is 5.32 Å². The molecule has 0 aliphatic rings. The zero-order chi connectivity index (χ0) is 18.9. The first-order valence-corrected chi connectivity index (χ1v) is 8.32. The predicted molar refractivity (Wildman–Crippen MR) is 93.6 cm³/mol. The number of rotatable bonds is 4. The molecule has 1 amide bonds. The fraction of sp³-hybridized carbons (Fsp3) is 0.222. The highest BCUT2D eigenvalue weighted by Gasteiger charge is 2.30. The van der Waals surface area contributed by atoms with Crippen molar-refractivity contribution in [2.45, 2.75) is 25.9 Å². The van der Waals surface area contributed by atoms with Crippen molar-refractivity contribution in [3.05, 3.63) is 64.6 Å². The average Bonchev–Trinajstić information content (AvgIpc) is 2.92. The van der Waals surface area contributed by atoms with Crippen LogP contribution in [0, 0.1) is 0 Å². The number of benzene rings is 1. The molecule has 3 aromatic rings. The van der Waals surface area contributed by atoms with Crippen LogP contribution in [0.15, 0.2) is 42.6 Å². The Morgan fingerprint density at radius 2 is 2.04 bits per heavy atom. The largest absolute Gasteiger partial charge is 0.416 e. The van der Waals surface area contributed by atoms with Crippen LogP contribution in [0.5, 0.6) is 0 Å². The van der Waals surface area contributed by atoms with Crippen molar-refractivity contribution >= 4 is 28.8 Å². The number of fused-ring (bicyclic) bond motifs is 1. The summed E-state index contributed by atoms with van der Waals surface area (Å²) < 4.78 is 40.1. The van der Waals surface area contributed by atoms with E-state index in [0.717, 1.165) is 18.6 Å². The molecule has 0 fully saturated rings. The molecule has 0 aliphatic carbocycles. The normalized spacial score (nSPS) is 11.7. The monoisotopic (exact) mass is 381 g/mol. The Labute approximate surface area is 152 Å². The molecule has 0 atom stereocenters. The first kappa shape index (κ1) is 18.3. The summed E-state index contributed by atoms with van der Waals surface area (Å²) >= 11 is 6.01. The quantitative estimate of drug-likeness (QED) is 0.674. The van der Waals surface area contributed by atoms with E-state index < -0.39 is 17.6 Å². The van der Waals surface area contributed by atoms with Crippen LogP contribution in [-0.4, -0.2) is 15.3 Å². The summed E-state index contributed by atoms with van der Waals surface area (Å²) in [6.45, 7) is 1.95. The van der Waals surface area contributed by atoms with E-state index >= 15 is 0 Å². The Balaban J connectivity index is 2.00. The molecular weight excluding hydrogens is 367 g/mol. The number of carbonyl (C=O) groups is 1. The topological polar surface area (TPSA) is 46.4 Å². The molecule has 0 unspecified atom stereocenters. The molecule has 3 rings (SSSR count). The molecule has 136 valence electrons. The van der Waals surface area contributed by atoms with Gasteiger partial charge in [-0.3, -0.25) is 9.20 Å². The van der Waals surface area contributed by atoms with Gasteiger partial charge in [0.2, 0.25) is 0 Å². The first-order chi connectivity index (χ1) is 12.3. The van der Waals surface area contributed by atoms with Crippen LogP contribution in [0.3, 0.4) is 0 Å². The number of hydrogen-bond donors (Lipinski definition) is 1. The van der Waals surface area contributed by atoms with E-state index in [9.17, 15) is 18.0 Å². The molecule has 1 aromatic carbocycles. The minimum absolute atomic E-state index is 0.0595. The lowest BCUT2D eigenvalue weighted by atomic mass is 10.1. The number of anilines is 1. The number of halogens is 4. The van der Waals surface area contributed by atoms with Crippen LogP contribution in [0.4, 0.5) is 18.9 Å². The summed E-state index contributed by atoms with van der Waals surface area (Å²) in [7, 11) is 0. The van der Waals surface area contributed by atoms with E-state index in [2.05, 4.69) is 10.3 Å². The van der Waals surface area contributed by atoms with E-state index in [1.165, 1.54) is 12.1 Å². The van der Waals surface area contributed by atoms with Gasteiger partial charge in [0.05, 0.1) is 16.3 Å². The summed E-state index contributed by atoms with van der Waals surface area (Å²) in [6, 6.07) is 7.84. The van der Waals surface area contributed by atoms with Crippen LogP contribution in [0.1, 0.15) is 35.1 Å². The van der Waals surface area contributed by atoms with Gasteiger partial charge in [0, 0.05) is 11.9 Å². The van der Waals surface area contributed by atoms with Gasteiger partial charge in [-0.15, -0.1) is 0 Å². The van der Waals surface area contributed by atoms with Crippen molar-refractivity contribution in [1.29, 1.82) is 0 Å². The third kappa shape index (κ3) is 3.67. The van der Waals surface area contributed by atoms with Crippen LogP contribution in [0.2, 0.25) is 5.02 Å². The van der Waals surface area contributed by atoms with E-state index in [1.807, 2.05) is 6.92 Å². The Kier molecular flexibility index (Phi) is 4.91. The van der Waals surface area contributed by atoms with Gasteiger partial charge in [0.15, 0.2) is 0 Å². The molecule has 0 radical (unpaired) electrons. The Morgan fingerprint density at radius 3 is 2.73 bits per heavy atom. The first-order valence-electron chi connectivity index (χ1n) is 7.94. The molecule has 0 saturated heterocycles. The lowest BCUT2D eigenvalue weighted by Gasteiger charge is -2.10. The SMILES string of the molecule is CCCc1nc2ccc(Cl)cn2c1C(=O)Nc1cccc(C(F)(F)F)c1. The van der Waals surface area contributed by atoms with Crippen LogP contribution in [-0.2, 0) is 12.6 Å². The van der Waals surface area contributed by atoms with Crippen molar-refractivity contribution in [3.63, 3.8) is 0 Å². The van der Waals surface area contributed by atoms with Gasteiger partial charge < -0.3 is 5.32 Å². The molecule has 26 heavy (non-hydrogen) atoms. The number of amides is 1. The van der Waals surface area contributed by atoms with Crippen molar-refractivity contribution in [2.24, 2.45) is 0 Å². The zero-order valence-corrected chi connectivity index (χ0v) is 14.5. The Bertz CT molecular complexity index is 966. The van der Waals surface area contributed by atoms with Crippen LogP contribution in [0.25, 0.3) is 5.65 Å². The summed E-state index contributed by atoms with van der Waals surface area (Å²) in [5.41, 5.74) is 0.613. The molecule has 2 heterocycles. The van der Waals surface area contributed by atoms with E-state index in [-0.39, 0.29) is 11.4 Å². The molecule has 2 aromatic heterocycles. The summed E-state index contributed by atoms with van der Waals surface area (Å²) in [5, 5.41) is 2.95. The number of aromatic nitrogens is 2. The molecule has 0 aliphatic heterocycles. The minimum atomic E-state index is -4.48. The lowest BCUT2D eigenvalue weighted by Crippen LogP contribution is -2.17. The molecule has 0 saturated carbocycles. The molecule has 4 nitrogen and oxygen atoms in total. The minimum Gasteiger partial charge on any atom is -0.321 e. The second kappa shape index (κ2) is 6.99. The molecular formula is C18H15ClF3N3O. The number of carbonyl (C=O) groups excluding carboxylic acids is 1. The fourth-order valence-corrected chi connectivity index (χ4v) is 2.84. The third-order valence-electron chi connectivity index (χ3n) is 3.80. The van der Waals surface area contributed by atoms with Gasteiger partial charge in [-0.25, -0.2) is 4.98 Å². The maximum Gasteiger partial charge on any atom is 0.416 e. The van der Waals surface area contributed by atoms with E-state index in [0.29, 0.717) is 22.8 Å². The number of nitrogens with one attached hydrogen (secondary N) is 1. The number of alkyl halides is 3. The Hall–Kier alpha value is -2.54. The highest BCUT2D eigenvalue weighted by Crippen LogP contribution is 2.31. The van der Waals surface area contributed by atoms with Crippen LogP contribution >= 0.6 is 11.6 Å². The Morgan fingerprint density at radius 1 is 1.27 bits per heavy atom. The number of pyridine rings is 1.